The summed E-state index contributed by atoms with van der Waals surface area (Å²) in [5.74, 6) is 1.32. The Hall–Kier alpha value is -3.25. The molecule has 0 aliphatic rings. The maximum Gasteiger partial charge on any atom is 0.358 e. The first kappa shape index (κ1) is 19.1. The zero-order valence-corrected chi connectivity index (χ0v) is 15.1. The summed E-state index contributed by atoms with van der Waals surface area (Å²) in [6.07, 6.45) is 0. The van der Waals surface area contributed by atoms with Crippen molar-refractivity contribution < 1.29 is 26.9 Å². The molecular formula is C17H16N2O6S. The van der Waals surface area contributed by atoms with E-state index in [9.17, 15) is 13.7 Å². The van der Waals surface area contributed by atoms with Gasteiger partial charge in [0.15, 0.2) is 17.2 Å². The Bertz CT molecular complexity index is 946. The fourth-order valence-electron chi connectivity index (χ4n) is 1.99. The van der Waals surface area contributed by atoms with Gasteiger partial charge in [-0.25, -0.2) is 0 Å². The van der Waals surface area contributed by atoms with Crippen LogP contribution >= 0.6 is 0 Å². The normalized spacial score (nSPS) is 11.4. The molecule has 8 nitrogen and oxygen atoms in total. The molecule has 0 saturated heterocycles. The Balaban J connectivity index is 2.30. The second-order valence-corrected chi connectivity index (χ2v) is 6.35. The van der Waals surface area contributed by atoms with E-state index in [1.807, 2.05) is 0 Å². The maximum absolute atomic E-state index is 12.2. The van der Waals surface area contributed by atoms with Gasteiger partial charge in [0, 0.05) is 5.56 Å². The molecule has 0 atom stereocenters. The number of nitrogens with zero attached hydrogens (tertiary/aromatic N) is 2. The zero-order valence-electron chi connectivity index (χ0n) is 14.3. The first-order valence-electron chi connectivity index (χ1n) is 7.23. The van der Waals surface area contributed by atoms with Gasteiger partial charge in [0.1, 0.15) is 16.7 Å². The number of hydrogen-bond acceptors (Lipinski definition) is 8. The van der Waals surface area contributed by atoms with Crippen molar-refractivity contribution in [1.29, 1.82) is 5.26 Å². The number of rotatable bonds is 7. The van der Waals surface area contributed by atoms with Gasteiger partial charge in [-0.3, -0.25) is 4.28 Å². The Morgan fingerprint density at radius 2 is 1.62 bits per heavy atom. The number of nitriles is 1. The van der Waals surface area contributed by atoms with Crippen LogP contribution in [0.1, 0.15) is 5.56 Å². The monoisotopic (exact) mass is 376 g/mol. The number of benzene rings is 2. The Kier molecular flexibility index (Phi) is 6.03. The minimum atomic E-state index is -4.18. The third-order valence-electron chi connectivity index (χ3n) is 3.34. The zero-order chi connectivity index (χ0) is 19.2. The van der Waals surface area contributed by atoms with Crippen molar-refractivity contribution in [3.05, 3.63) is 48.0 Å². The molecule has 2 rings (SSSR count). The van der Waals surface area contributed by atoms with Crippen LogP contribution in [-0.4, -0.2) is 35.5 Å². The van der Waals surface area contributed by atoms with Crippen LogP contribution in [0.25, 0.3) is 0 Å². The Morgan fingerprint density at radius 1 is 0.962 bits per heavy atom. The van der Waals surface area contributed by atoms with Crippen molar-refractivity contribution in [2.75, 3.05) is 21.3 Å². The van der Waals surface area contributed by atoms with Crippen molar-refractivity contribution in [2.45, 2.75) is 4.90 Å². The fraction of sp³-hybridized carbons (Fsp3) is 0.176. The third kappa shape index (κ3) is 4.23. The molecule has 0 fully saturated rings. The largest absolute Gasteiger partial charge is 0.497 e. The third-order valence-corrected chi connectivity index (χ3v) is 4.46. The molecule has 2 aromatic carbocycles. The molecule has 0 spiro atoms. The van der Waals surface area contributed by atoms with Crippen molar-refractivity contribution in [3.8, 4) is 23.3 Å². The molecule has 26 heavy (non-hydrogen) atoms. The van der Waals surface area contributed by atoms with Crippen molar-refractivity contribution in [2.24, 2.45) is 5.16 Å². The quantitative estimate of drug-likeness (QED) is 0.539. The van der Waals surface area contributed by atoms with Gasteiger partial charge in [-0.1, -0.05) is 5.16 Å². The highest BCUT2D eigenvalue weighted by atomic mass is 32.2. The number of methoxy groups -OCH3 is 3. The predicted octanol–water partition coefficient (Wildman–Crippen LogP) is 2.35. The standard InChI is InChI=1S/C17H16N2O6S/c1-22-13-5-7-14(8-6-13)26(20,21)25-19-15(11-18)12-4-9-16(23-2)17(10-12)24-3/h4-10H,1-3H3/b19-15-. The maximum atomic E-state index is 12.2. The van der Waals surface area contributed by atoms with Crippen molar-refractivity contribution in [1.82, 2.24) is 0 Å². The van der Waals surface area contributed by atoms with E-state index in [1.54, 1.807) is 12.1 Å². The summed E-state index contributed by atoms with van der Waals surface area (Å²) in [5.41, 5.74) is 0.0816. The molecule has 136 valence electrons. The summed E-state index contributed by atoms with van der Waals surface area (Å²) in [7, 11) is 0.201. The summed E-state index contributed by atoms with van der Waals surface area (Å²) >= 11 is 0. The molecule has 2 aromatic rings. The van der Waals surface area contributed by atoms with Crippen LogP contribution in [0, 0.1) is 11.3 Å². The van der Waals surface area contributed by atoms with Gasteiger partial charge >= 0.3 is 10.1 Å². The van der Waals surface area contributed by atoms with Crippen LogP contribution in [0.15, 0.2) is 52.5 Å². The van der Waals surface area contributed by atoms with E-state index in [1.165, 1.54) is 57.7 Å². The van der Waals surface area contributed by atoms with E-state index < -0.39 is 10.1 Å². The fourth-order valence-corrected chi connectivity index (χ4v) is 2.72. The van der Waals surface area contributed by atoms with Crippen molar-refractivity contribution in [3.63, 3.8) is 0 Å². The van der Waals surface area contributed by atoms with E-state index in [-0.39, 0.29) is 10.6 Å². The van der Waals surface area contributed by atoms with Gasteiger partial charge in [-0.2, -0.15) is 13.7 Å². The lowest BCUT2D eigenvalue weighted by atomic mass is 10.1. The van der Waals surface area contributed by atoms with Crippen LogP contribution in [-0.2, 0) is 14.4 Å². The molecule has 0 heterocycles. The van der Waals surface area contributed by atoms with Crippen molar-refractivity contribution >= 4 is 15.8 Å². The molecule has 0 aliphatic heterocycles. The smallest absolute Gasteiger partial charge is 0.358 e. The summed E-state index contributed by atoms with van der Waals surface area (Å²) < 4.78 is 44.2. The SMILES string of the molecule is COc1ccc(S(=O)(=O)O/N=C(/C#N)c2ccc(OC)c(OC)c2)cc1. The van der Waals surface area contributed by atoms with Gasteiger partial charge in [0.2, 0.25) is 0 Å². The second kappa shape index (κ2) is 8.22. The van der Waals surface area contributed by atoms with Gasteiger partial charge in [-0.05, 0) is 42.5 Å². The van der Waals surface area contributed by atoms with Gasteiger partial charge in [0.05, 0.1) is 21.3 Å². The average molecular weight is 376 g/mol. The molecule has 0 amide bonds. The van der Waals surface area contributed by atoms with Crippen LogP contribution in [0.4, 0.5) is 0 Å². The number of oxime groups is 1. The van der Waals surface area contributed by atoms with E-state index in [0.29, 0.717) is 22.8 Å². The topological polar surface area (TPSA) is 107 Å². The lowest BCUT2D eigenvalue weighted by Gasteiger charge is -2.08. The molecule has 0 saturated carbocycles. The summed E-state index contributed by atoms with van der Waals surface area (Å²) in [6.45, 7) is 0. The van der Waals surface area contributed by atoms with Crippen LogP contribution in [0.5, 0.6) is 17.2 Å². The molecule has 0 aromatic heterocycles. The van der Waals surface area contributed by atoms with Crippen LogP contribution < -0.4 is 14.2 Å². The van der Waals surface area contributed by atoms with E-state index in [2.05, 4.69) is 9.44 Å². The van der Waals surface area contributed by atoms with E-state index in [0.717, 1.165) is 0 Å². The molecular weight excluding hydrogens is 360 g/mol. The first-order valence-corrected chi connectivity index (χ1v) is 8.64. The van der Waals surface area contributed by atoms with Crippen LogP contribution in [0.2, 0.25) is 0 Å². The lowest BCUT2D eigenvalue weighted by molar-refractivity contribution is 0.339. The molecule has 0 unspecified atom stereocenters. The highest BCUT2D eigenvalue weighted by molar-refractivity contribution is 7.86. The van der Waals surface area contributed by atoms with E-state index in [4.69, 9.17) is 14.2 Å². The second-order valence-electron chi connectivity index (χ2n) is 4.83. The minimum Gasteiger partial charge on any atom is -0.497 e. The van der Waals surface area contributed by atoms with Gasteiger partial charge in [0.25, 0.3) is 0 Å². The molecule has 0 bridgehead atoms. The molecule has 0 radical (unpaired) electrons. The molecule has 9 heteroatoms. The highest BCUT2D eigenvalue weighted by Gasteiger charge is 2.17. The number of ether oxygens (including phenoxy) is 3. The lowest BCUT2D eigenvalue weighted by Crippen LogP contribution is -2.06. The average Bonchev–Trinajstić information content (AvgIpc) is 2.68. The number of hydrogen-bond donors (Lipinski definition) is 0. The predicted molar refractivity (Wildman–Crippen MR) is 93.0 cm³/mol. The van der Waals surface area contributed by atoms with Gasteiger partial charge in [-0.15, -0.1) is 0 Å². The van der Waals surface area contributed by atoms with E-state index >= 15 is 0 Å². The Labute approximate surface area is 151 Å². The first-order chi connectivity index (χ1) is 12.4. The van der Waals surface area contributed by atoms with Crippen LogP contribution in [0.3, 0.4) is 0 Å². The summed E-state index contributed by atoms with van der Waals surface area (Å²) in [5, 5.41) is 12.7. The summed E-state index contributed by atoms with van der Waals surface area (Å²) in [4.78, 5) is -0.119. The van der Waals surface area contributed by atoms with Gasteiger partial charge < -0.3 is 14.2 Å². The highest BCUT2D eigenvalue weighted by Crippen LogP contribution is 2.28. The minimum absolute atomic E-state index is 0.119. The molecule has 0 aliphatic carbocycles. The molecule has 0 N–H and O–H groups in total. The Morgan fingerprint density at radius 3 is 2.15 bits per heavy atom. The summed E-state index contributed by atoms with van der Waals surface area (Å²) in [6, 6.07) is 12.0.